The summed E-state index contributed by atoms with van der Waals surface area (Å²) in [6, 6.07) is 0.624. The van der Waals surface area contributed by atoms with E-state index in [1.165, 1.54) is 17.2 Å². The molecule has 6 heteroatoms. The minimum atomic E-state index is -0.975. The van der Waals surface area contributed by atoms with Gasteiger partial charge in [-0.05, 0) is 18.3 Å². The van der Waals surface area contributed by atoms with Crippen molar-refractivity contribution in [1.29, 1.82) is 0 Å². The van der Waals surface area contributed by atoms with Gasteiger partial charge in [-0.2, -0.15) is 0 Å². The number of rotatable bonds is 2. The van der Waals surface area contributed by atoms with E-state index in [0.717, 1.165) is 12.8 Å². The smallest absolute Gasteiger partial charge is 0.326 e. The number of amides is 1. The fourth-order valence-electron chi connectivity index (χ4n) is 2.55. The number of hydrogen-bond acceptors (Lipinski definition) is 4. The molecule has 0 aliphatic carbocycles. The van der Waals surface area contributed by atoms with Crippen LogP contribution in [0.3, 0.4) is 0 Å². The van der Waals surface area contributed by atoms with Gasteiger partial charge in [0.05, 0.1) is 0 Å². The van der Waals surface area contributed by atoms with Crippen molar-refractivity contribution in [1.82, 2.24) is 10.1 Å². The molecule has 6 nitrogen and oxygen atoms in total. The number of piperidine rings is 1. The van der Waals surface area contributed by atoms with Crippen LogP contribution in [0.2, 0.25) is 0 Å². The first-order chi connectivity index (χ1) is 8.43. The molecule has 1 fully saturated rings. The summed E-state index contributed by atoms with van der Waals surface area (Å²) in [6.45, 7) is 4.17. The predicted octanol–water partition coefficient (Wildman–Crippen LogP) is 1.39. The second kappa shape index (κ2) is 4.44. The Morgan fingerprint density at radius 1 is 1.56 bits per heavy atom. The Kier molecular flexibility index (Phi) is 3.11. The van der Waals surface area contributed by atoms with Gasteiger partial charge in [-0.3, -0.25) is 4.79 Å². The second-order valence-corrected chi connectivity index (χ2v) is 5.22. The molecule has 98 valence electrons. The fraction of sp³-hybridized carbons (Fsp3) is 0.583. The minimum Gasteiger partial charge on any atom is -0.480 e. The van der Waals surface area contributed by atoms with Crippen LogP contribution < -0.4 is 0 Å². The van der Waals surface area contributed by atoms with Gasteiger partial charge in [-0.1, -0.05) is 19.0 Å². The predicted molar refractivity (Wildman–Crippen MR) is 62.0 cm³/mol. The Labute approximate surface area is 105 Å². The molecule has 1 aliphatic rings. The standard InChI is InChI=1S/C12H16N2O4/c1-12(2)5-3-6-14(9(12)11(16)17)10(15)8-4-7-18-13-8/h4,7,9H,3,5-6H2,1-2H3,(H,16,17). The van der Waals surface area contributed by atoms with E-state index in [9.17, 15) is 14.7 Å². The molecule has 0 radical (unpaired) electrons. The van der Waals surface area contributed by atoms with Gasteiger partial charge in [0.1, 0.15) is 12.3 Å². The maximum absolute atomic E-state index is 12.2. The van der Waals surface area contributed by atoms with E-state index in [1.54, 1.807) is 0 Å². The Hall–Kier alpha value is -1.85. The van der Waals surface area contributed by atoms with E-state index < -0.39 is 17.4 Å². The van der Waals surface area contributed by atoms with Crippen LogP contribution in [0.5, 0.6) is 0 Å². The highest BCUT2D eigenvalue weighted by atomic mass is 16.5. The first kappa shape index (κ1) is 12.6. The molecule has 0 saturated carbocycles. The van der Waals surface area contributed by atoms with Gasteiger partial charge in [-0.25, -0.2) is 4.79 Å². The lowest BCUT2D eigenvalue weighted by atomic mass is 9.76. The average molecular weight is 252 g/mol. The van der Waals surface area contributed by atoms with Crippen LogP contribution in [0.15, 0.2) is 16.9 Å². The molecule has 1 aliphatic heterocycles. The number of nitrogens with zero attached hydrogens (tertiary/aromatic N) is 2. The summed E-state index contributed by atoms with van der Waals surface area (Å²) in [5, 5.41) is 12.9. The monoisotopic (exact) mass is 252 g/mol. The topological polar surface area (TPSA) is 83.6 Å². The van der Waals surface area contributed by atoms with Gasteiger partial charge in [-0.15, -0.1) is 0 Å². The summed E-state index contributed by atoms with van der Waals surface area (Å²) in [5.74, 6) is -1.36. The molecule has 1 unspecified atom stereocenters. The van der Waals surface area contributed by atoms with E-state index in [-0.39, 0.29) is 11.6 Å². The largest absolute Gasteiger partial charge is 0.480 e. The molecule has 1 atom stereocenters. The molecule has 0 bridgehead atoms. The summed E-state index contributed by atoms with van der Waals surface area (Å²) in [6.07, 6.45) is 2.88. The first-order valence-corrected chi connectivity index (χ1v) is 5.87. The summed E-state index contributed by atoms with van der Waals surface area (Å²) in [5.41, 5.74) is -0.289. The van der Waals surface area contributed by atoms with E-state index in [4.69, 9.17) is 0 Å². The maximum Gasteiger partial charge on any atom is 0.326 e. The van der Waals surface area contributed by atoms with Crippen molar-refractivity contribution >= 4 is 11.9 Å². The summed E-state index contributed by atoms with van der Waals surface area (Å²) in [7, 11) is 0. The van der Waals surface area contributed by atoms with Crippen molar-refractivity contribution in [2.75, 3.05) is 6.54 Å². The van der Waals surface area contributed by atoms with Gasteiger partial charge in [0, 0.05) is 12.6 Å². The van der Waals surface area contributed by atoms with E-state index in [1.807, 2.05) is 13.8 Å². The van der Waals surface area contributed by atoms with E-state index in [2.05, 4.69) is 9.68 Å². The zero-order valence-corrected chi connectivity index (χ0v) is 10.4. The van der Waals surface area contributed by atoms with Gasteiger partial charge in [0.2, 0.25) is 0 Å². The third-order valence-corrected chi connectivity index (χ3v) is 3.42. The van der Waals surface area contributed by atoms with Crippen molar-refractivity contribution < 1.29 is 19.2 Å². The molecule has 1 aromatic heterocycles. The lowest BCUT2D eigenvalue weighted by Gasteiger charge is -2.43. The number of likely N-dealkylation sites (tertiary alicyclic amines) is 1. The van der Waals surface area contributed by atoms with Crippen molar-refractivity contribution in [3.8, 4) is 0 Å². The van der Waals surface area contributed by atoms with Crippen molar-refractivity contribution in [3.05, 3.63) is 18.0 Å². The Morgan fingerprint density at radius 2 is 2.28 bits per heavy atom. The highest BCUT2D eigenvalue weighted by Gasteiger charge is 2.45. The van der Waals surface area contributed by atoms with Crippen LogP contribution in [0, 0.1) is 5.41 Å². The van der Waals surface area contributed by atoms with Crippen LogP contribution in [0.25, 0.3) is 0 Å². The fourth-order valence-corrected chi connectivity index (χ4v) is 2.55. The molecular formula is C12H16N2O4. The lowest BCUT2D eigenvalue weighted by molar-refractivity contribution is -0.148. The number of carboxylic acid groups (broad SMARTS) is 1. The number of hydrogen-bond donors (Lipinski definition) is 1. The van der Waals surface area contributed by atoms with Gasteiger partial charge in [0.15, 0.2) is 5.69 Å². The molecule has 2 heterocycles. The molecule has 18 heavy (non-hydrogen) atoms. The highest BCUT2D eigenvalue weighted by molar-refractivity contribution is 5.95. The van der Waals surface area contributed by atoms with Crippen LogP contribution in [-0.2, 0) is 4.79 Å². The van der Waals surface area contributed by atoms with Gasteiger partial charge >= 0.3 is 5.97 Å². The Bertz CT molecular complexity index is 453. The SMILES string of the molecule is CC1(C)CCCN(C(=O)c2ccon2)C1C(=O)O. The molecule has 0 aromatic carbocycles. The second-order valence-electron chi connectivity index (χ2n) is 5.22. The van der Waals surface area contributed by atoms with Crippen molar-refractivity contribution in [2.45, 2.75) is 32.7 Å². The molecule has 2 rings (SSSR count). The highest BCUT2D eigenvalue weighted by Crippen LogP contribution is 2.35. The van der Waals surface area contributed by atoms with Crippen molar-refractivity contribution in [2.24, 2.45) is 5.41 Å². The minimum absolute atomic E-state index is 0.152. The summed E-state index contributed by atoms with van der Waals surface area (Å²) < 4.78 is 4.63. The van der Waals surface area contributed by atoms with E-state index >= 15 is 0 Å². The number of aromatic nitrogens is 1. The molecule has 1 aromatic rings. The average Bonchev–Trinajstić information content (AvgIpc) is 2.79. The lowest BCUT2D eigenvalue weighted by Crippen LogP contribution is -2.56. The van der Waals surface area contributed by atoms with Crippen LogP contribution in [0.1, 0.15) is 37.2 Å². The van der Waals surface area contributed by atoms with Gasteiger partial charge in [0.25, 0.3) is 5.91 Å². The molecule has 1 N–H and O–H groups in total. The van der Waals surface area contributed by atoms with Gasteiger partial charge < -0.3 is 14.5 Å². The normalized spacial score (nSPS) is 22.8. The summed E-state index contributed by atoms with van der Waals surface area (Å²) >= 11 is 0. The number of carboxylic acids is 1. The Balaban J connectivity index is 2.30. The zero-order valence-electron chi connectivity index (χ0n) is 10.4. The van der Waals surface area contributed by atoms with Crippen LogP contribution in [0.4, 0.5) is 0 Å². The van der Waals surface area contributed by atoms with Crippen molar-refractivity contribution in [3.63, 3.8) is 0 Å². The van der Waals surface area contributed by atoms with Crippen LogP contribution >= 0.6 is 0 Å². The summed E-state index contributed by atoms with van der Waals surface area (Å²) in [4.78, 5) is 25.0. The maximum atomic E-state index is 12.2. The number of carbonyl (C=O) groups excluding carboxylic acids is 1. The molecule has 1 saturated heterocycles. The molecular weight excluding hydrogens is 236 g/mol. The van der Waals surface area contributed by atoms with E-state index in [0.29, 0.717) is 6.54 Å². The molecule has 0 spiro atoms. The zero-order chi connectivity index (χ0) is 13.3. The Morgan fingerprint density at radius 3 is 2.83 bits per heavy atom. The third-order valence-electron chi connectivity index (χ3n) is 3.42. The van der Waals surface area contributed by atoms with Crippen LogP contribution in [-0.4, -0.2) is 39.6 Å². The quantitative estimate of drug-likeness (QED) is 0.859. The first-order valence-electron chi connectivity index (χ1n) is 5.87. The third kappa shape index (κ3) is 2.10. The number of carbonyl (C=O) groups is 2. The molecule has 1 amide bonds. The number of aliphatic carboxylic acids is 1.